The summed E-state index contributed by atoms with van der Waals surface area (Å²) in [4.78, 5) is 29.0. The standard InChI is InChI=1S/C17H18N4O2/c1-12-7-13(2)9-14(8-12)17-18-11-21(19-17)6-4-16(23)20-5-3-15(22)10-20/h4,6-9,11H,3,5,10H2,1-2H3/b6-4-. The number of carbonyl (C=O) groups excluding carboxylic acids is 2. The molecule has 2 aromatic rings. The van der Waals surface area contributed by atoms with Gasteiger partial charge in [0.1, 0.15) is 6.33 Å². The van der Waals surface area contributed by atoms with Crippen molar-refractivity contribution in [2.75, 3.05) is 13.1 Å². The summed E-state index contributed by atoms with van der Waals surface area (Å²) in [7, 11) is 0. The van der Waals surface area contributed by atoms with Crippen LogP contribution >= 0.6 is 0 Å². The van der Waals surface area contributed by atoms with Crippen LogP contribution in [0, 0.1) is 13.8 Å². The van der Waals surface area contributed by atoms with Crippen molar-refractivity contribution in [3.63, 3.8) is 0 Å². The number of ketones is 1. The summed E-state index contributed by atoms with van der Waals surface area (Å²) < 4.78 is 1.50. The fraction of sp³-hybridized carbons (Fsp3) is 0.294. The topological polar surface area (TPSA) is 68.1 Å². The van der Waals surface area contributed by atoms with Crippen LogP contribution in [0.1, 0.15) is 17.5 Å². The van der Waals surface area contributed by atoms with Gasteiger partial charge in [-0.2, -0.15) is 0 Å². The summed E-state index contributed by atoms with van der Waals surface area (Å²) in [5.74, 6) is 0.536. The van der Waals surface area contributed by atoms with Crippen molar-refractivity contribution in [2.24, 2.45) is 0 Å². The Hall–Kier alpha value is -2.76. The second-order valence-corrected chi connectivity index (χ2v) is 5.79. The van der Waals surface area contributed by atoms with Crippen molar-refractivity contribution < 1.29 is 9.59 Å². The molecular formula is C17H18N4O2. The van der Waals surface area contributed by atoms with Gasteiger partial charge in [-0.25, -0.2) is 9.67 Å². The van der Waals surface area contributed by atoms with Gasteiger partial charge in [-0.05, 0) is 26.0 Å². The molecule has 1 saturated heterocycles. The molecule has 3 rings (SSSR count). The van der Waals surface area contributed by atoms with Gasteiger partial charge in [0.05, 0.1) is 6.54 Å². The van der Waals surface area contributed by atoms with Gasteiger partial charge in [0.15, 0.2) is 11.6 Å². The molecule has 1 fully saturated rings. The minimum Gasteiger partial charge on any atom is -0.331 e. The van der Waals surface area contributed by atoms with E-state index in [9.17, 15) is 9.59 Å². The summed E-state index contributed by atoms with van der Waals surface area (Å²) in [5, 5.41) is 4.36. The third-order valence-electron chi connectivity index (χ3n) is 3.70. The summed E-state index contributed by atoms with van der Waals surface area (Å²) >= 11 is 0. The lowest BCUT2D eigenvalue weighted by atomic mass is 10.1. The summed E-state index contributed by atoms with van der Waals surface area (Å²) in [6.45, 7) is 4.76. The lowest BCUT2D eigenvalue weighted by Gasteiger charge is -2.10. The molecule has 0 aliphatic carbocycles. The Labute approximate surface area is 134 Å². The first-order chi connectivity index (χ1) is 11.0. The number of benzene rings is 1. The van der Waals surface area contributed by atoms with E-state index in [2.05, 4.69) is 16.1 Å². The quantitative estimate of drug-likeness (QED) is 0.811. The van der Waals surface area contributed by atoms with Crippen LogP contribution in [0.5, 0.6) is 0 Å². The van der Waals surface area contributed by atoms with Crippen molar-refractivity contribution in [1.29, 1.82) is 0 Å². The molecule has 2 heterocycles. The lowest BCUT2D eigenvalue weighted by Crippen LogP contribution is -2.26. The smallest absolute Gasteiger partial charge is 0.248 e. The largest absolute Gasteiger partial charge is 0.331 e. The molecule has 1 aliphatic heterocycles. The van der Waals surface area contributed by atoms with E-state index in [1.165, 1.54) is 15.7 Å². The van der Waals surface area contributed by atoms with E-state index in [-0.39, 0.29) is 18.2 Å². The van der Waals surface area contributed by atoms with E-state index in [1.807, 2.05) is 26.0 Å². The summed E-state index contributed by atoms with van der Waals surface area (Å²) in [6, 6.07) is 6.14. The van der Waals surface area contributed by atoms with Crippen LogP contribution < -0.4 is 0 Å². The van der Waals surface area contributed by atoms with Gasteiger partial charge in [-0.1, -0.05) is 17.2 Å². The van der Waals surface area contributed by atoms with E-state index < -0.39 is 0 Å². The molecule has 6 nitrogen and oxygen atoms in total. The number of hydrogen-bond donors (Lipinski definition) is 0. The zero-order valence-electron chi connectivity index (χ0n) is 13.2. The van der Waals surface area contributed by atoms with Crippen LogP contribution in [0.2, 0.25) is 0 Å². The van der Waals surface area contributed by atoms with Gasteiger partial charge < -0.3 is 4.90 Å². The third kappa shape index (κ3) is 3.53. The van der Waals surface area contributed by atoms with Gasteiger partial charge >= 0.3 is 0 Å². The highest BCUT2D eigenvalue weighted by Gasteiger charge is 2.22. The third-order valence-corrected chi connectivity index (χ3v) is 3.70. The highest BCUT2D eigenvalue weighted by molar-refractivity contribution is 5.95. The van der Waals surface area contributed by atoms with Gasteiger partial charge in [0, 0.05) is 30.8 Å². The van der Waals surface area contributed by atoms with Gasteiger partial charge in [0.25, 0.3) is 0 Å². The maximum atomic E-state index is 12.0. The Balaban J connectivity index is 1.73. The molecule has 0 saturated carbocycles. The van der Waals surface area contributed by atoms with E-state index in [0.29, 0.717) is 18.8 Å². The van der Waals surface area contributed by atoms with Crippen LogP contribution in [0.25, 0.3) is 17.6 Å². The molecule has 6 heteroatoms. The number of aryl methyl sites for hydroxylation is 2. The van der Waals surface area contributed by atoms with Gasteiger partial charge in [0.2, 0.25) is 5.91 Å². The molecule has 0 bridgehead atoms. The molecule has 1 aromatic carbocycles. The molecular weight excluding hydrogens is 292 g/mol. The second-order valence-electron chi connectivity index (χ2n) is 5.79. The monoisotopic (exact) mass is 310 g/mol. The fourth-order valence-electron chi connectivity index (χ4n) is 2.65. The molecule has 0 N–H and O–H groups in total. The maximum Gasteiger partial charge on any atom is 0.248 e. The Bertz CT molecular complexity index is 771. The van der Waals surface area contributed by atoms with E-state index >= 15 is 0 Å². The molecule has 0 atom stereocenters. The average molecular weight is 310 g/mol. The fourth-order valence-corrected chi connectivity index (χ4v) is 2.65. The van der Waals surface area contributed by atoms with Crippen LogP contribution in [-0.4, -0.2) is 44.4 Å². The minimum atomic E-state index is -0.181. The number of aromatic nitrogens is 3. The van der Waals surface area contributed by atoms with Crippen molar-refractivity contribution >= 4 is 17.9 Å². The van der Waals surface area contributed by atoms with Crippen molar-refractivity contribution in [3.8, 4) is 11.4 Å². The van der Waals surface area contributed by atoms with E-state index in [1.54, 1.807) is 12.5 Å². The van der Waals surface area contributed by atoms with Gasteiger partial charge in [-0.15, -0.1) is 5.10 Å². The van der Waals surface area contributed by atoms with Crippen LogP contribution in [-0.2, 0) is 9.59 Å². The van der Waals surface area contributed by atoms with Crippen LogP contribution in [0.3, 0.4) is 0 Å². The Morgan fingerprint density at radius 1 is 1.22 bits per heavy atom. The average Bonchev–Trinajstić information content (AvgIpc) is 3.12. The SMILES string of the molecule is Cc1cc(C)cc(-c2ncn(/C=C\C(=O)N3CCC(=O)C3)n2)c1. The molecule has 1 amide bonds. The summed E-state index contributed by atoms with van der Waals surface area (Å²) in [6.07, 6.45) is 4.98. The maximum absolute atomic E-state index is 12.0. The molecule has 0 radical (unpaired) electrons. The number of nitrogens with zero attached hydrogens (tertiary/aromatic N) is 4. The second kappa shape index (κ2) is 6.16. The van der Waals surface area contributed by atoms with E-state index in [4.69, 9.17) is 0 Å². The zero-order valence-corrected chi connectivity index (χ0v) is 13.2. The van der Waals surface area contributed by atoms with Crippen LogP contribution in [0.15, 0.2) is 30.6 Å². The first-order valence-electron chi connectivity index (χ1n) is 7.50. The Morgan fingerprint density at radius 3 is 2.61 bits per heavy atom. The number of hydrogen-bond acceptors (Lipinski definition) is 4. The highest BCUT2D eigenvalue weighted by Crippen LogP contribution is 2.18. The first-order valence-corrected chi connectivity index (χ1v) is 7.50. The first kappa shape index (κ1) is 15.1. The predicted octanol–water partition coefficient (Wildman–Crippen LogP) is 1.83. The molecule has 1 aliphatic rings. The molecule has 1 aromatic heterocycles. The number of rotatable bonds is 3. The molecule has 0 spiro atoms. The number of likely N-dealkylation sites (tertiary alicyclic amines) is 1. The number of amides is 1. The number of Topliss-reactive ketones (excluding diaryl/α,β-unsaturated/α-hetero) is 1. The molecule has 23 heavy (non-hydrogen) atoms. The predicted molar refractivity (Wildman–Crippen MR) is 86.5 cm³/mol. The van der Waals surface area contributed by atoms with Crippen molar-refractivity contribution in [3.05, 3.63) is 41.7 Å². The Kier molecular flexibility index (Phi) is 4.06. The zero-order chi connectivity index (χ0) is 16.4. The normalized spacial score (nSPS) is 14.9. The summed E-state index contributed by atoms with van der Waals surface area (Å²) in [5.41, 5.74) is 3.26. The van der Waals surface area contributed by atoms with Crippen LogP contribution in [0.4, 0.5) is 0 Å². The van der Waals surface area contributed by atoms with Gasteiger partial charge in [-0.3, -0.25) is 9.59 Å². The lowest BCUT2D eigenvalue weighted by molar-refractivity contribution is -0.127. The minimum absolute atomic E-state index is 0.101. The number of carbonyl (C=O) groups is 2. The Morgan fingerprint density at radius 2 is 1.96 bits per heavy atom. The molecule has 118 valence electrons. The molecule has 0 unspecified atom stereocenters. The van der Waals surface area contributed by atoms with Crippen molar-refractivity contribution in [1.82, 2.24) is 19.7 Å². The van der Waals surface area contributed by atoms with Crippen molar-refractivity contribution in [2.45, 2.75) is 20.3 Å². The highest BCUT2D eigenvalue weighted by atomic mass is 16.2. The van der Waals surface area contributed by atoms with E-state index in [0.717, 1.165) is 16.7 Å².